The van der Waals surface area contributed by atoms with E-state index in [9.17, 15) is 0 Å². The first-order valence-electron chi connectivity index (χ1n) is 4.83. The molecule has 1 heteroatoms. The van der Waals surface area contributed by atoms with Gasteiger partial charge < -0.3 is 0 Å². The molecule has 1 atom stereocenters. The number of hydrogen-bond donors (Lipinski definition) is 0. The maximum atomic E-state index is 3.82. The number of benzene rings is 1. The molecule has 1 aromatic rings. The van der Waals surface area contributed by atoms with Gasteiger partial charge in [-0.3, -0.25) is 0 Å². The molecule has 1 unspecified atom stereocenters. The molecule has 14 heavy (non-hydrogen) atoms. The molecule has 0 aliphatic heterocycles. The Morgan fingerprint density at radius 3 is 2.50 bits per heavy atom. The van der Waals surface area contributed by atoms with Crippen molar-refractivity contribution in [2.75, 3.05) is 0 Å². The first-order valence-corrected chi connectivity index (χ1v) is 7.54. The molecule has 0 radical (unpaired) electrons. The second-order valence-corrected chi connectivity index (χ2v) is 7.47. The van der Waals surface area contributed by atoms with Crippen molar-refractivity contribution in [1.82, 2.24) is 0 Å². The highest BCUT2D eigenvalue weighted by Gasteiger charge is 2.25. The van der Waals surface area contributed by atoms with E-state index in [0.717, 1.165) is 6.04 Å². The second-order valence-electron chi connectivity index (χ2n) is 3.57. The molecule has 0 amide bonds. The minimum Gasteiger partial charge on any atom is -0.126 e. The van der Waals surface area contributed by atoms with Crippen LogP contribution in [0.5, 0.6) is 0 Å². The molecule has 0 saturated carbocycles. The van der Waals surface area contributed by atoms with E-state index in [2.05, 4.69) is 48.9 Å². The molecular formula is C13H16Si. The van der Waals surface area contributed by atoms with E-state index in [1.807, 2.05) is 19.1 Å². The van der Waals surface area contributed by atoms with Crippen LogP contribution in [-0.2, 0) is 0 Å². The van der Waals surface area contributed by atoms with E-state index in [4.69, 9.17) is 0 Å². The summed E-state index contributed by atoms with van der Waals surface area (Å²) in [6.07, 6.45) is 1.99. The van der Waals surface area contributed by atoms with E-state index < -0.39 is 8.07 Å². The van der Waals surface area contributed by atoms with Crippen molar-refractivity contribution in [2.45, 2.75) is 19.5 Å². The van der Waals surface area contributed by atoms with E-state index in [0.29, 0.717) is 0 Å². The summed E-state index contributed by atoms with van der Waals surface area (Å²) in [5.74, 6) is 3.06. The number of allylic oxidation sites excluding steroid dienone is 1. The van der Waals surface area contributed by atoms with Crippen LogP contribution in [0.15, 0.2) is 43.0 Å². The van der Waals surface area contributed by atoms with Gasteiger partial charge in [-0.2, -0.15) is 0 Å². The predicted octanol–water partition coefficient (Wildman–Crippen LogP) is 2.72. The Morgan fingerprint density at radius 1 is 1.36 bits per heavy atom. The molecule has 0 N–H and O–H groups in total. The van der Waals surface area contributed by atoms with E-state index in [1.54, 1.807) is 0 Å². The topological polar surface area (TPSA) is 0 Å². The molecule has 0 nitrogen and oxygen atoms in total. The van der Waals surface area contributed by atoms with Crippen LogP contribution in [0.4, 0.5) is 0 Å². The highest BCUT2D eigenvalue weighted by molar-refractivity contribution is 6.97. The van der Waals surface area contributed by atoms with E-state index >= 15 is 0 Å². The molecule has 0 fully saturated rings. The minimum atomic E-state index is -1.60. The van der Waals surface area contributed by atoms with Gasteiger partial charge in [0.15, 0.2) is 8.07 Å². The largest absolute Gasteiger partial charge is 0.169 e. The Labute approximate surface area is 87.7 Å². The minimum absolute atomic E-state index is 1.03. The fourth-order valence-electron chi connectivity index (χ4n) is 1.61. The summed E-state index contributed by atoms with van der Waals surface area (Å²) < 4.78 is 0. The summed E-state index contributed by atoms with van der Waals surface area (Å²) in [6.45, 7) is 8.03. The Balaban J connectivity index is 3.09. The monoisotopic (exact) mass is 200 g/mol. The molecular weight excluding hydrogens is 184 g/mol. The summed E-state index contributed by atoms with van der Waals surface area (Å²) >= 11 is 0. The normalized spacial score (nSPS) is 13.6. The highest BCUT2D eigenvalue weighted by Crippen LogP contribution is 2.09. The lowest BCUT2D eigenvalue weighted by atomic mass is 10.4. The van der Waals surface area contributed by atoms with Crippen molar-refractivity contribution in [3.8, 4) is 11.5 Å². The van der Waals surface area contributed by atoms with E-state index in [1.165, 1.54) is 5.19 Å². The molecule has 72 valence electrons. The molecule has 1 rings (SSSR count). The molecule has 1 aromatic carbocycles. The van der Waals surface area contributed by atoms with Crippen LogP contribution < -0.4 is 5.19 Å². The SMILES string of the molecule is C=CC[Si](C)(C#CC)c1ccccc1. The maximum Gasteiger partial charge on any atom is 0.169 e. The lowest BCUT2D eigenvalue weighted by Crippen LogP contribution is -2.42. The van der Waals surface area contributed by atoms with Crippen molar-refractivity contribution >= 4 is 13.3 Å². The average Bonchev–Trinajstić information content (AvgIpc) is 2.20. The molecule has 0 aromatic heterocycles. The van der Waals surface area contributed by atoms with Crippen LogP contribution in [-0.4, -0.2) is 8.07 Å². The predicted molar refractivity (Wildman–Crippen MR) is 66.1 cm³/mol. The van der Waals surface area contributed by atoms with Crippen molar-refractivity contribution in [2.24, 2.45) is 0 Å². The quantitative estimate of drug-likeness (QED) is 0.400. The van der Waals surface area contributed by atoms with Crippen LogP contribution in [0.1, 0.15) is 6.92 Å². The van der Waals surface area contributed by atoms with Gasteiger partial charge in [0.1, 0.15) is 0 Å². The van der Waals surface area contributed by atoms with Gasteiger partial charge in [-0.05, 0) is 18.2 Å². The molecule has 0 aliphatic carbocycles. The molecule has 0 bridgehead atoms. The van der Waals surface area contributed by atoms with Crippen LogP contribution in [0.3, 0.4) is 0 Å². The zero-order valence-electron chi connectivity index (χ0n) is 8.88. The standard InChI is InChI=1S/C13H16Si/c1-4-11-14(3,12-5-2)13-9-7-6-8-10-13/h4,6-10H,1,11H2,2-3H3. The summed E-state index contributed by atoms with van der Waals surface area (Å²) in [6, 6.07) is 11.6. The van der Waals surface area contributed by atoms with Gasteiger partial charge in [0, 0.05) is 0 Å². The molecule has 0 heterocycles. The highest BCUT2D eigenvalue weighted by atomic mass is 28.3. The zero-order valence-corrected chi connectivity index (χ0v) is 9.88. The second kappa shape index (κ2) is 4.83. The molecule has 0 spiro atoms. The van der Waals surface area contributed by atoms with Crippen LogP contribution in [0.2, 0.25) is 12.6 Å². The number of hydrogen-bond acceptors (Lipinski definition) is 0. The fraction of sp³-hybridized carbons (Fsp3) is 0.231. The van der Waals surface area contributed by atoms with Crippen molar-refractivity contribution in [3.63, 3.8) is 0 Å². The molecule has 0 saturated heterocycles. The van der Waals surface area contributed by atoms with Gasteiger partial charge in [-0.1, -0.05) is 43.0 Å². The average molecular weight is 200 g/mol. The summed E-state index contributed by atoms with van der Waals surface area (Å²) in [7, 11) is -1.60. The molecule has 0 aliphatic rings. The summed E-state index contributed by atoms with van der Waals surface area (Å²) in [4.78, 5) is 0. The van der Waals surface area contributed by atoms with Gasteiger partial charge in [-0.25, -0.2) is 0 Å². The third kappa shape index (κ3) is 2.37. The van der Waals surface area contributed by atoms with Gasteiger partial charge in [0.05, 0.1) is 0 Å². The van der Waals surface area contributed by atoms with Gasteiger partial charge in [0.2, 0.25) is 0 Å². The van der Waals surface area contributed by atoms with Crippen molar-refractivity contribution in [3.05, 3.63) is 43.0 Å². The van der Waals surface area contributed by atoms with Crippen LogP contribution >= 0.6 is 0 Å². The Morgan fingerprint density at radius 2 is 2.00 bits per heavy atom. The smallest absolute Gasteiger partial charge is 0.126 e. The Bertz CT molecular complexity index is 356. The first kappa shape index (κ1) is 10.8. The Hall–Kier alpha value is -1.26. The van der Waals surface area contributed by atoms with Gasteiger partial charge in [0.25, 0.3) is 0 Å². The third-order valence-electron chi connectivity index (χ3n) is 2.36. The van der Waals surface area contributed by atoms with Crippen LogP contribution in [0, 0.1) is 11.5 Å². The maximum absolute atomic E-state index is 3.82. The van der Waals surface area contributed by atoms with Gasteiger partial charge >= 0.3 is 0 Å². The fourth-order valence-corrected chi connectivity index (χ4v) is 4.15. The number of rotatable bonds is 3. The lowest BCUT2D eigenvalue weighted by Gasteiger charge is -2.19. The lowest BCUT2D eigenvalue weighted by molar-refractivity contribution is 1.59. The third-order valence-corrected chi connectivity index (χ3v) is 5.88. The van der Waals surface area contributed by atoms with Gasteiger partial charge in [-0.15, -0.1) is 18.0 Å². The van der Waals surface area contributed by atoms with Crippen molar-refractivity contribution < 1.29 is 0 Å². The van der Waals surface area contributed by atoms with E-state index in [-0.39, 0.29) is 0 Å². The zero-order chi connectivity index (χ0) is 10.4. The van der Waals surface area contributed by atoms with Crippen molar-refractivity contribution in [1.29, 1.82) is 0 Å². The Kier molecular flexibility index (Phi) is 3.73. The summed E-state index contributed by atoms with van der Waals surface area (Å²) in [5, 5.41) is 1.40. The van der Waals surface area contributed by atoms with Crippen LogP contribution in [0.25, 0.3) is 0 Å². The first-order chi connectivity index (χ1) is 6.73. The summed E-state index contributed by atoms with van der Waals surface area (Å²) in [5.41, 5.74) is 3.39.